The number of nitrogens with two attached hydrogens (primary N) is 2. The lowest BCUT2D eigenvalue weighted by atomic mass is 10.1. The molecule has 22 nitrogen and oxygen atoms in total. The van der Waals surface area contributed by atoms with E-state index in [0.29, 0.717) is 0 Å². The summed E-state index contributed by atoms with van der Waals surface area (Å²) in [6.45, 7) is -1.23. The summed E-state index contributed by atoms with van der Waals surface area (Å²) in [6.07, 6.45) is -6.67. The number of anilines is 2. The first-order chi connectivity index (χ1) is 21.4. The van der Waals surface area contributed by atoms with Crippen molar-refractivity contribution in [2.24, 2.45) is 0 Å². The molecule has 4 aromatic rings. The van der Waals surface area contributed by atoms with Crippen LogP contribution >= 0.6 is 15.9 Å². The number of rotatable bonds is 10. The molecular weight excluding hydrogens is 646 g/mol. The Bertz CT molecular complexity index is 1850. The Hall–Kier alpha value is -3.40. The first kappa shape index (κ1) is 31.6. The molecule has 244 valence electrons. The van der Waals surface area contributed by atoms with Gasteiger partial charge in [0.2, 0.25) is 11.9 Å². The summed E-state index contributed by atoms with van der Waals surface area (Å²) in [5, 5.41) is 31.6. The van der Waals surface area contributed by atoms with E-state index in [1.54, 1.807) is 0 Å². The van der Waals surface area contributed by atoms with Gasteiger partial charge in [-0.15, -0.1) is 0 Å². The highest BCUT2D eigenvalue weighted by molar-refractivity contribution is 7.53. The number of aromatic amines is 1. The van der Waals surface area contributed by atoms with Gasteiger partial charge in [0.15, 0.2) is 29.3 Å². The number of H-pyrrole nitrogens is 1. The largest absolute Gasteiger partial charge is 0.396 e. The molecule has 45 heavy (non-hydrogen) atoms. The molecule has 0 amide bonds. The summed E-state index contributed by atoms with van der Waals surface area (Å²) in [7, 11) is -8.64. The molecule has 6 rings (SSSR count). The van der Waals surface area contributed by atoms with Gasteiger partial charge in [0.25, 0.3) is 5.56 Å². The standard InChI is InChI=1S/C21H28N10O12P2/c22-20-24-3-7-15(27-20)30(5-25-7)18-12(34)13(43-44(36)37)9(42-18)4-40-45(38,39)14-11(33)8(1-2-32)41-19(14)31-6-26-10-16(31)28-21(23)29-17(10)35/h3,5-6,8-9,11-14,18-19,32-34,44H,1-2,4H2,(H,36,37)(H,38,39)(H2,22,24,27)(H3,23,28,29,35)/t8-,9-,11-,12-,13-,14-,18-,19-/m1/s1. The number of aromatic nitrogens is 8. The third kappa shape index (κ3) is 5.75. The Balaban J connectivity index is 1.29. The maximum absolute atomic E-state index is 13.8. The molecule has 2 aliphatic heterocycles. The lowest BCUT2D eigenvalue weighted by Crippen LogP contribution is -2.36. The normalized spacial score (nSPS) is 30.7. The molecule has 4 aromatic heterocycles. The zero-order valence-corrected chi connectivity index (χ0v) is 24.7. The van der Waals surface area contributed by atoms with Crippen LogP contribution in [0.15, 0.2) is 23.6 Å². The molecule has 2 unspecified atom stereocenters. The van der Waals surface area contributed by atoms with Gasteiger partial charge in [-0.2, -0.15) is 9.97 Å². The van der Waals surface area contributed by atoms with Crippen molar-refractivity contribution in [3.8, 4) is 0 Å². The maximum atomic E-state index is 13.8. The van der Waals surface area contributed by atoms with Gasteiger partial charge in [0, 0.05) is 6.61 Å². The molecule has 2 fully saturated rings. The molecule has 0 aliphatic carbocycles. The molecule has 10 N–H and O–H groups in total. The lowest BCUT2D eigenvalue weighted by molar-refractivity contribution is -0.0487. The number of fused-ring (bicyclic) bond motifs is 2. The fraction of sp³-hybridized carbons (Fsp3) is 0.524. The van der Waals surface area contributed by atoms with E-state index in [1.165, 1.54) is 17.1 Å². The van der Waals surface area contributed by atoms with Gasteiger partial charge >= 0.3 is 15.9 Å². The molecular formula is C21H28N10O12P2. The first-order valence-electron chi connectivity index (χ1n) is 13.2. The summed E-state index contributed by atoms with van der Waals surface area (Å²) in [6, 6.07) is 0. The minimum Gasteiger partial charge on any atom is -0.396 e. The van der Waals surface area contributed by atoms with Gasteiger partial charge in [-0.1, -0.05) is 0 Å². The minimum absolute atomic E-state index is 0.106. The number of imidazole rings is 2. The van der Waals surface area contributed by atoms with E-state index >= 15 is 0 Å². The van der Waals surface area contributed by atoms with Crippen molar-refractivity contribution in [3.63, 3.8) is 0 Å². The molecule has 0 bridgehead atoms. The van der Waals surface area contributed by atoms with Crippen molar-refractivity contribution < 1.29 is 52.8 Å². The van der Waals surface area contributed by atoms with Crippen molar-refractivity contribution in [1.29, 1.82) is 0 Å². The second kappa shape index (κ2) is 12.1. The van der Waals surface area contributed by atoms with Gasteiger partial charge < -0.3 is 55.1 Å². The van der Waals surface area contributed by atoms with Crippen molar-refractivity contribution in [2.45, 2.75) is 55.1 Å². The minimum atomic E-state index is -4.97. The van der Waals surface area contributed by atoms with Crippen LogP contribution in [0.25, 0.3) is 22.3 Å². The number of hydrogen-bond donors (Lipinski definition) is 8. The molecule has 0 spiro atoms. The predicted molar refractivity (Wildman–Crippen MR) is 149 cm³/mol. The number of hydrogen-bond acceptors (Lipinski definition) is 17. The molecule has 2 aliphatic rings. The summed E-state index contributed by atoms with van der Waals surface area (Å²) in [5.41, 5.74) is 9.08. The van der Waals surface area contributed by atoms with E-state index in [9.17, 15) is 39.0 Å². The SMILES string of the molecule is Nc1ncc2ncn([C@@H]3O[C@H](COP(=O)(O)[C@@H]4[C@H](O)[C@@H](CCO)O[C@H]4n4cnc5c(=O)[nH]c(N)nc54)[C@@H](O[PH](=O)O)[C@H]3O)c2n1. The first-order valence-corrected chi connectivity index (χ1v) is 16.1. The lowest BCUT2D eigenvalue weighted by Gasteiger charge is -2.27. The van der Waals surface area contributed by atoms with Crippen LogP contribution in [-0.2, 0) is 27.7 Å². The van der Waals surface area contributed by atoms with E-state index in [1.807, 2.05) is 0 Å². The molecule has 10 atom stereocenters. The number of nitrogens with one attached hydrogen (secondary N) is 1. The number of aliphatic hydroxyl groups excluding tert-OH is 3. The second-order valence-corrected chi connectivity index (χ2v) is 12.9. The van der Waals surface area contributed by atoms with Crippen molar-refractivity contribution in [1.82, 2.24) is 39.0 Å². The van der Waals surface area contributed by atoms with Crippen molar-refractivity contribution >= 4 is 50.1 Å². The van der Waals surface area contributed by atoms with E-state index in [2.05, 4.69) is 29.9 Å². The quantitative estimate of drug-likeness (QED) is 0.0797. The number of nitrogen functional groups attached to an aromatic ring is 2. The molecule has 2 saturated heterocycles. The molecule has 0 radical (unpaired) electrons. The Morgan fingerprint density at radius 2 is 1.76 bits per heavy atom. The topological polar surface area (TPSA) is 331 Å². The van der Waals surface area contributed by atoms with E-state index in [-0.39, 0.29) is 40.6 Å². The third-order valence-electron chi connectivity index (χ3n) is 7.43. The Morgan fingerprint density at radius 1 is 1.04 bits per heavy atom. The summed E-state index contributed by atoms with van der Waals surface area (Å²) < 4.78 is 50.0. The van der Waals surface area contributed by atoms with Gasteiger partial charge in [-0.3, -0.25) is 28.0 Å². The monoisotopic (exact) mass is 674 g/mol. The van der Waals surface area contributed by atoms with Crippen LogP contribution in [0.2, 0.25) is 0 Å². The third-order valence-corrected chi connectivity index (χ3v) is 9.74. The molecule has 0 aromatic carbocycles. The highest BCUT2D eigenvalue weighted by Crippen LogP contribution is 2.58. The van der Waals surface area contributed by atoms with Crippen LogP contribution in [0.5, 0.6) is 0 Å². The summed E-state index contributed by atoms with van der Waals surface area (Å²) in [4.78, 5) is 55.3. The number of nitrogens with zero attached hydrogens (tertiary/aromatic N) is 7. The predicted octanol–water partition coefficient (Wildman–Crippen LogP) is -2.64. The Kier molecular flexibility index (Phi) is 8.48. The van der Waals surface area contributed by atoms with Crippen LogP contribution in [-0.4, -0.2) is 114 Å². The zero-order chi connectivity index (χ0) is 32.2. The van der Waals surface area contributed by atoms with Gasteiger partial charge in [-0.25, -0.2) is 15.0 Å². The zero-order valence-electron chi connectivity index (χ0n) is 22.8. The van der Waals surface area contributed by atoms with Gasteiger partial charge in [-0.05, 0) is 6.42 Å². The molecule has 6 heterocycles. The smallest absolute Gasteiger partial charge is 0.338 e. The Morgan fingerprint density at radius 3 is 2.49 bits per heavy atom. The van der Waals surface area contributed by atoms with E-state index in [0.717, 1.165) is 10.9 Å². The van der Waals surface area contributed by atoms with Crippen LogP contribution in [0, 0.1) is 0 Å². The fourth-order valence-electron chi connectivity index (χ4n) is 5.45. The van der Waals surface area contributed by atoms with Crippen molar-refractivity contribution in [3.05, 3.63) is 29.2 Å². The fourth-order valence-corrected chi connectivity index (χ4v) is 7.62. The van der Waals surface area contributed by atoms with E-state index in [4.69, 9.17) is 30.0 Å². The number of ether oxygens (including phenoxy) is 2. The molecule has 0 saturated carbocycles. The van der Waals surface area contributed by atoms with Crippen molar-refractivity contribution in [2.75, 3.05) is 24.7 Å². The van der Waals surface area contributed by atoms with E-state index < -0.39 is 83.3 Å². The second-order valence-electron chi connectivity index (χ2n) is 10.2. The van der Waals surface area contributed by atoms with Crippen LogP contribution < -0.4 is 17.0 Å². The highest BCUT2D eigenvalue weighted by atomic mass is 31.2. The summed E-state index contributed by atoms with van der Waals surface area (Å²) in [5.74, 6) is -0.384. The average Bonchev–Trinajstić information content (AvgIpc) is 3.72. The average molecular weight is 674 g/mol. The van der Waals surface area contributed by atoms with Crippen LogP contribution in [0.3, 0.4) is 0 Å². The summed E-state index contributed by atoms with van der Waals surface area (Å²) >= 11 is 0. The van der Waals surface area contributed by atoms with Gasteiger partial charge in [0.1, 0.15) is 29.5 Å². The highest BCUT2D eigenvalue weighted by Gasteiger charge is 2.56. The Labute approximate surface area is 251 Å². The molecule has 24 heteroatoms. The van der Waals surface area contributed by atoms with Crippen LogP contribution in [0.4, 0.5) is 11.9 Å². The van der Waals surface area contributed by atoms with Crippen LogP contribution in [0.1, 0.15) is 18.9 Å². The maximum Gasteiger partial charge on any atom is 0.338 e. The number of aliphatic hydroxyl groups is 3. The van der Waals surface area contributed by atoms with Gasteiger partial charge in [0.05, 0.1) is 37.7 Å².